The van der Waals surface area contributed by atoms with Crippen LogP contribution >= 0.6 is 11.6 Å². The monoisotopic (exact) mass is 363 g/mol. The first-order chi connectivity index (χ1) is 10.8. The number of halogens is 1. The summed E-state index contributed by atoms with van der Waals surface area (Å²) in [6, 6.07) is 3.82. The molecule has 1 aliphatic heterocycles. The van der Waals surface area contributed by atoms with Crippen molar-refractivity contribution in [1.82, 2.24) is 4.31 Å². The second kappa shape index (κ2) is 7.21. The zero-order valence-corrected chi connectivity index (χ0v) is 13.5. The molecule has 0 spiro atoms. The average Bonchev–Trinajstić information content (AvgIpc) is 2.49. The van der Waals surface area contributed by atoms with Crippen LogP contribution in [0.2, 0.25) is 5.02 Å². The van der Waals surface area contributed by atoms with Crippen LogP contribution in [0.5, 0.6) is 0 Å². The molecule has 1 saturated heterocycles. The van der Waals surface area contributed by atoms with Crippen molar-refractivity contribution in [2.75, 3.05) is 38.2 Å². The fourth-order valence-corrected chi connectivity index (χ4v) is 3.60. The van der Waals surface area contributed by atoms with Crippen molar-refractivity contribution in [2.24, 2.45) is 0 Å². The molecule has 0 unspecified atom stereocenters. The molecule has 2 rings (SSSR count). The summed E-state index contributed by atoms with van der Waals surface area (Å²) in [4.78, 5) is 20.9. The van der Waals surface area contributed by atoms with Crippen LogP contribution in [0.25, 0.3) is 0 Å². The summed E-state index contributed by atoms with van der Waals surface area (Å²) in [6.07, 6.45) is 0. The van der Waals surface area contributed by atoms with Crippen molar-refractivity contribution in [1.29, 1.82) is 0 Å². The molecule has 0 aromatic heterocycles. The number of sulfonamides is 1. The topological polar surface area (TPSA) is 119 Å². The number of nitrogens with one attached hydrogen (secondary N) is 1. The van der Waals surface area contributed by atoms with Crippen molar-refractivity contribution in [3.05, 3.63) is 33.3 Å². The van der Waals surface area contributed by atoms with Crippen LogP contribution in [0.4, 0.5) is 5.69 Å². The van der Waals surface area contributed by atoms with Crippen LogP contribution in [0.15, 0.2) is 23.1 Å². The Hall–Kier alpha value is -1.75. The molecular weight excluding hydrogens is 350 g/mol. The number of nitrogens with zero attached hydrogens (tertiary/aromatic N) is 2. The molecule has 1 N–H and O–H groups in total. The first kappa shape index (κ1) is 17.6. The third kappa shape index (κ3) is 4.38. The minimum absolute atomic E-state index is 0.00727. The number of carbonyl (C=O) groups is 1. The number of morpholine rings is 1. The Kier molecular flexibility index (Phi) is 5.52. The number of carbonyl (C=O) groups excluding carboxylic acids is 1. The minimum atomic E-state index is -3.75. The Balaban J connectivity index is 2.25. The summed E-state index contributed by atoms with van der Waals surface area (Å²) < 4.78 is 31.4. The highest BCUT2D eigenvalue weighted by Crippen LogP contribution is 2.27. The molecule has 11 heteroatoms. The van der Waals surface area contributed by atoms with E-state index in [1.54, 1.807) is 0 Å². The van der Waals surface area contributed by atoms with Gasteiger partial charge in [-0.2, -0.15) is 4.31 Å². The largest absolute Gasteiger partial charge is 0.379 e. The summed E-state index contributed by atoms with van der Waals surface area (Å²) >= 11 is 5.90. The molecule has 1 heterocycles. The highest BCUT2D eigenvalue weighted by molar-refractivity contribution is 7.89. The quantitative estimate of drug-likeness (QED) is 0.603. The van der Waals surface area contributed by atoms with E-state index in [2.05, 4.69) is 5.32 Å². The molecule has 0 saturated carbocycles. The van der Waals surface area contributed by atoms with Crippen LogP contribution in [-0.2, 0) is 19.6 Å². The first-order valence-electron chi connectivity index (χ1n) is 6.60. The average molecular weight is 364 g/mol. The molecular formula is C12H14ClN3O6S. The standard InChI is InChI=1S/C12H14ClN3O6S/c13-10-2-1-9(7-11(10)14-12(17)8-16(18)19)23(20,21)15-3-5-22-6-4-15/h1-2,7H,3-6,8H2,(H,14,17). The molecule has 1 aliphatic rings. The third-order valence-corrected chi connectivity index (χ3v) is 5.32. The van der Waals surface area contributed by atoms with Gasteiger partial charge in [-0.15, -0.1) is 0 Å². The van der Waals surface area contributed by atoms with Crippen LogP contribution < -0.4 is 5.32 Å². The number of amides is 1. The van der Waals surface area contributed by atoms with Crippen molar-refractivity contribution < 1.29 is 22.9 Å². The molecule has 23 heavy (non-hydrogen) atoms. The number of anilines is 1. The maximum atomic E-state index is 12.5. The highest BCUT2D eigenvalue weighted by atomic mass is 35.5. The van der Waals surface area contributed by atoms with E-state index in [0.717, 1.165) is 0 Å². The molecule has 0 aliphatic carbocycles. The number of nitro groups is 1. The summed E-state index contributed by atoms with van der Waals surface area (Å²) in [7, 11) is -3.75. The van der Waals surface area contributed by atoms with E-state index in [0.29, 0.717) is 13.2 Å². The molecule has 126 valence electrons. The number of hydrogen-bond acceptors (Lipinski definition) is 6. The van der Waals surface area contributed by atoms with Crippen LogP contribution in [0.1, 0.15) is 0 Å². The molecule has 1 aromatic carbocycles. The van der Waals surface area contributed by atoms with E-state index < -0.39 is 27.4 Å². The summed E-state index contributed by atoms with van der Waals surface area (Å²) in [6.45, 7) is 0.136. The van der Waals surface area contributed by atoms with E-state index in [1.165, 1.54) is 22.5 Å². The van der Waals surface area contributed by atoms with Gasteiger partial charge in [0.25, 0.3) is 12.5 Å². The summed E-state index contributed by atoms with van der Waals surface area (Å²) in [5.41, 5.74) is 0.00727. The zero-order chi connectivity index (χ0) is 17.0. The molecule has 1 aromatic rings. The van der Waals surface area contributed by atoms with E-state index in [4.69, 9.17) is 16.3 Å². The van der Waals surface area contributed by atoms with Crippen LogP contribution in [-0.4, -0.2) is 56.4 Å². The lowest BCUT2D eigenvalue weighted by Crippen LogP contribution is -2.40. The SMILES string of the molecule is O=C(C[N+](=O)[O-])Nc1cc(S(=O)(=O)N2CCOCC2)ccc1Cl. The number of rotatable bonds is 5. The summed E-state index contributed by atoms with van der Waals surface area (Å²) in [5.74, 6) is -0.891. The molecule has 0 bridgehead atoms. The Labute approximate surface area is 137 Å². The van der Waals surface area contributed by atoms with Crippen molar-refractivity contribution in [3.63, 3.8) is 0 Å². The van der Waals surface area contributed by atoms with Gasteiger partial charge in [0, 0.05) is 18.0 Å². The van der Waals surface area contributed by atoms with Gasteiger partial charge in [0.2, 0.25) is 10.0 Å². The second-order valence-corrected chi connectivity index (χ2v) is 7.04. The first-order valence-corrected chi connectivity index (χ1v) is 8.41. The Morgan fingerprint density at radius 3 is 2.65 bits per heavy atom. The van der Waals surface area contributed by atoms with Crippen LogP contribution in [0.3, 0.4) is 0 Å². The maximum absolute atomic E-state index is 12.5. The van der Waals surface area contributed by atoms with Crippen LogP contribution in [0, 0.1) is 10.1 Å². The van der Waals surface area contributed by atoms with E-state index in [1.807, 2.05) is 0 Å². The van der Waals surface area contributed by atoms with Gasteiger partial charge in [0.1, 0.15) is 0 Å². The van der Waals surface area contributed by atoms with Gasteiger partial charge in [-0.3, -0.25) is 14.9 Å². The lowest BCUT2D eigenvalue weighted by Gasteiger charge is -2.26. The lowest BCUT2D eigenvalue weighted by atomic mass is 10.3. The second-order valence-electron chi connectivity index (χ2n) is 4.70. The molecule has 1 fully saturated rings. The number of benzene rings is 1. The van der Waals surface area contributed by atoms with Gasteiger partial charge in [-0.05, 0) is 18.2 Å². The smallest absolute Gasteiger partial charge is 0.296 e. The predicted octanol–water partition coefficient (Wildman–Crippen LogP) is 0.576. The Morgan fingerprint density at radius 2 is 2.04 bits per heavy atom. The fraction of sp³-hybridized carbons (Fsp3) is 0.417. The number of ether oxygens (including phenoxy) is 1. The fourth-order valence-electron chi connectivity index (χ4n) is 2.00. The minimum Gasteiger partial charge on any atom is -0.379 e. The predicted molar refractivity (Wildman–Crippen MR) is 81.5 cm³/mol. The van der Waals surface area contributed by atoms with Gasteiger partial charge in [-0.1, -0.05) is 11.6 Å². The van der Waals surface area contributed by atoms with Gasteiger partial charge < -0.3 is 10.1 Å². The van der Waals surface area contributed by atoms with Gasteiger partial charge in [0.05, 0.1) is 28.8 Å². The van der Waals surface area contributed by atoms with E-state index >= 15 is 0 Å². The van der Waals surface area contributed by atoms with Crippen molar-refractivity contribution in [2.45, 2.75) is 4.90 Å². The molecule has 0 atom stereocenters. The Morgan fingerprint density at radius 1 is 1.39 bits per heavy atom. The van der Waals surface area contributed by atoms with Gasteiger partial charge in [0.15, 0.2) is 0 Å². The summed E-state index contributed by atoms with van der Waals surface area (Å²) in [5, 5.41) is 12.6. The highest BCUT2D eigenvalue weighted by Gasteiger charge is 2.27. The molecule has 1 amide bonds. The normalized spacial score (nSPS) is 16.0. The van der Waals surface area contributed by atoms with E-state index in [-0.39, 0.29) is 28.7 Å². The third-order valence-electron chi connectivity index (χ3n) is 3.09. The zero-order valence-electron chi connectivity index (χ0n) is 11.9. The van der Waals surface area contributed by atoms with Gasteiger partial charge in [-0.25, -0.2) is 8.42 Å². The number of hydrogen-bond donors (Lipinski definition) is 1. The molecule has 0 radical (unpaired) electrons. The molecule has 9 nitrogen and oxygen atoms in total. The van der Waals surface area contributed by atoms with E-state index in [9.17, 15) is 23.3 Å². The van der Waals surface area contributed by atoms with Crippen molar-refractivity contribution in [3.8, 4) is 0 Å². The van der Waals surface area contributed by atoms with Gasteiger partial charge >= 0.3 is 0 Å². The lowest BCUT2D eigenvalue weighted by molar-refractivity contribution is -0.467. The Bertz CT molecular complexity index is 718. The van der Waals surface area contributed by atoms with Crippen molar-refractivity contribution >= 4 is 33.2 Å². The maximum Gasteiger partial charge on any atom is 0.296 e.